The number of nitrogens with zero attached hydrogens (tertiary/aromatic N) is 1. The number of esters is 1. The first kappa shape index (κ1) is 15.1. The summed E-state index contributed by atoms with van der Waals surface area (Å²) in [6.45, 7) is 1.66. The smallest absolute Gasteiger partial charge is 0.310 e. The number of aromatic nitrogens is 1. The molecule has 0 fully saturated rings. The third-order valence-electron chi connectivity index (χ3n) is 3.22. The van der Waals surface area contributed by atoms with Gasteiger partial charge in [0.1, 0.15) is 11.4 Å². The van der Waals surface area contributed by atoms with E-state index in [-0.39, 0.29) is 29.0 Å². The van der Waals surface area contributed by atoms with Gasteiger partial charge in [-0.1, -0.05) is 12.1 Å². The number of carbonyl (C=O) groups is 1. The van der Waals surface area contributed by atoms with Crippen molar-refractivity contribution < 1.29 is 27.2 Å². The summed E-state index contributed by atoms with van der Waals surface area (Å²) in [5.41, 5.74) is 0.469. The Morgan fingerprint density at radius 2 is 1.87 bits per heavy atom. The maximum Gasteiger partial charge on any atom is 0.310 e. The van der Waals surface area contributed by atoms with Crippen LogP contribution in [-0.2, 0) is 4.79 Å². The molecule has 0 saturated carbocycles. The van der Waals surface area contributed by atoms with E-state index in [1.54, 1.807) is 13.0 Å². The molecule has 118 valence electrons. The standard InChI is InChI=1S/C16H10F3NO3/c1-2-14(21)22-9-3-4-10-13(7-9)23-20-16(10)8-5-11(17)15(19)12(18)6-8/h3-7H,2H2,1H3. The van der Waals surface area contributed by atoms with Crippen molar-refractivity contribution in [3.05, 3.63) is 47.8 Å². The van der Waals surface area contributed by atoms with Crippen molar-refractivity contribution in [2.75, 3.05) is 0 Å². The zero-order chi connectivity index (χ0) is 16.6. The average Bonchev–Trinajstić information content (AvgIpc) is 2.95. The molecule has 0 unspecified atom stereocenters. The minimum atomic E-state index is -1.55. The molecule has 0 atom stereocenters. The molecule has 0 aliphatic rings. The van der Waals surface area contributed by atoms with Crippen LogP contribution in [0.2, 0.25) is 0 Å². The van der Waals surface area contributed by atoms with E-state index >= 15 is 0 Å². The Bertz CT molecular complexity index is 882. The number of fused-ring (bicyclic) bond motifs is 1. The van der Waals surface area contributed by atoms with Gasteiger partial charge >= 0.3 is 5.97 Å². The molecule has 4 nitrogen and oxygen atoms in total. The molecule has 1 aromatic heterocycles. The maximum atomic E-state index is 13.3. The average molecular weight is 321 g/mol. The molecule has 23 heavy (non-hydrogen) atoms. The molecule has 0 radical (unpaired) electrons. The number of hydrogen-bond donors (Lipinski definition) is 0. The highest BCUT2D eigenvalue weighted by atomic mass is 19.2. The molecule has 7 heteroatoms. The van der Waals surface area contributed by atoms with Crippen molar-refractivity contribution in [3.63, 3.8) is 0 Å². The van der Waals surface area contributed by atoms with Crippen LogP contribution in [-0.4, -0.2) is 11.1 Å². The van der Waals surface area contributed by atoms with Crippen LogP contribution in [0, 0.1) is 17.5 Å². The van der Waals surface area contributed by atoms with Gasteiger partial charge in [-0.05, 0) is 24.3 Å². The summed E-state index contributed by atoms with van der Waals surface area (Å²) >= 11 is 0. The summed E-state index contributed by atoms with van der Waals surface area (Å²) in [5, 5.41) is 4.20. The number of benzene rings is 2. The molecular formula is C16H10F3NO3. The molecule has 0 saturated heterocycles. The largest absolute Gasteiger partial charge is 0.426 e. The SMILES string of the molecule is CCC(=O)Oc1ccc2c(-c3cc(F)c(F)c(F)c3)noc2c1. The molecule has 0 aliphatic heterocycles. The summed E-state index contributed by atoms with van der Waals surface area (Å²) < 4.78 is 49.9. The second-order valence-corrected chi connectivity index (χ2v) is 4.77. The van der Waals surface area contributed by atoms with Crippen LogP contribution in [0.5, 0.6) is 5.75 Å². The van der Waals surface area contributed by atoms with Gasteiger partial charge in [0.25, 0.3) is 0 Å². The van der Waals surface area contributed by atoms with E-state index in [4.69, 9.17) is 9.26 Å². The van der Waals surface area contributed by atoms with Gasteiger partial charge in [-0.25, -0.2) is 13.2 Å². The zero-order valence-electron chi connectivity index (χ0n) is 11.9. The van der Waals surface area contributed by atoms with Crippen molar-refractivity contribution in [1.29, 1.82) is 0 Å². The predicted molar refractivity (Wildman–Crippen MR) is 75.2 cm³/mol. The van der Waals surface area contributed by atoms with Crippen LogP contribution in [0.25, 0.3) is 22.2 Å². The van der Waals surface area contributed by atoms with Crippen LogP contribution < -0.4 is 4.74 Å². The van der Waals surface area contributed by atoms with Crippen molar-refractivity contribution in [2.45, 2.75) is 13.3 Å². The van der Waals surface area contributed by atoms with E-state index in [9.17, 15) is 18.0 Å². The molecule has 1 heterocycles. The number of hydrogen-bond acceptors (Lipinski definition) is 4. The van der Waals surface area contributed by atoms with Gasteiger partial charge in [-0.2, -0.15) is 0 Å². The molecule has 0 aliphatic carbocycles. The fourth-order valence-corrected chi connectivity index (χ4v) is 2.09. The Hall–Kier alpha value is -2.83. The topological polar surface area (TPSA) is 52.3 Å². The number of rotatable bonds is 3. The molecule has 0 spiro atoms. The summed E-state index contributed by atoms with van der Waals surface area (Å²) in [6.07, 6.45) is 0.216. The van der Waals surface area contributed by atoms with Gasteiger partial charge in [0.2, 0.25) is 0 Å². The lowest BCUT2D eigenvalue weighted by molar-refractivity contribution is -0.134. The lowest BCUT2D eigenvalue weighted by Crippen LogP contribution is -2.05. The maximum absolute atomic E-state index is 13.3. The van der Waals surface area contributed by atoms with Gasteiger partial charge in [0, 0.05) is 23.4 Å². The summed E-state index contributed by atoms with van der Waals surface area (Å²) in [4.78, 5) is 11.3. The third-order valence-corrected chi connectivity index (χ3v) is 3.22. The van der Waals surface area contributed by atoms with Crippen molar-refractivity contribution in [3.8, 4) is 17.0 Å². The zero-order valence-corrected chi connectivity index (χ0v) is 11.9. The quantitative estimate of drug-likeness (QED) is 0.411. The van der Waals surface area contributed by atoms with Crippen LogP contribution in [0.4, 0.5) is 13.2 Å². The van der Waals surface area contributed by atoms with Crippen LogP contribution in [0.3, 0.4) is 0 Å². The van der Waals surface area contributed by atoms with Crippen molar-refractivity contribution in [1.82, 2.24) is 5.16 Å². The van der Waals surface area contributed by atoms with Crippen LogP contribution in [0.1, 0.15) is 13.3 Å². The first-order chi connectivity index (χ1) is 11.0. The molecule has 0 bridgehead atoms. The second-order valence-electron chi connectivity index (χ2n) is 4.77. The third kappa shape index (κ3) is 2.77. The van der Waals surface area contributed by atoms with Gasteiger partial charge in [0.15, 0.2) is 23.0 Å². The Balaban J connectivity index is 2.05. The molecular weight excluding hydrogens is 311 g/mol. The lowest BCUT2D eigenvalue weighted by atomic mass is 10.1. The van der Waals surface area contributed by atoms with E-state index in [1.807, 2.05) is 0 Å². The van der Waals surface area contributed by atoms with E-state index < -0.39 is 23.4 Å². The molecule has 0 N–H and O–H groups in total. The van der Waals surface area contributed by atoms with Gasteiger partial charge in [-0.3, -0.25) is 4.79 Å². The summed E-state index contributed by atoms with van der Waals surface area (Å²) in [5.74, 6) is -4.32. The van der Waals surface area contributed by atoms with Crippen LogP contribution >= 0.6 is 0 Å². The molecule has 0 amide bonds. The number of ether oxygens (including phenoxy) is 1. The van der Waals surface area contributed by atoms with Gasteiger partial charge in [-0.15, -0.1) is 0 Å². The number of halogens is 3. The Morgan fingerprint density at radius 1 is 1.17 bits per heavy atom. The summed E-state index contributed by atoms with van der Waals surface area (Å²) in [7, 11) is 0. The first-order valence-corrected chi connectivity index (χ1v) is 6.74. The normalized spacial score (nSPS) is 11.0. The van der Waals surface area contributed by atoms with E-state index in [2.05, 4.69) is 5.16 Å². The molecule has 2 aromatic carbocycles. The Morgan fingerprint density at radius 3 is 2.52 bits per heavy atom. The van der Waals surface area contributed by atoms with Crippen molar-refractivity contribution in [2.24, 2.45) is 0 Å². The highest BCUT2D eigenvalue weighted by molar-refractivity contribution is 5.92. The first-order valence-electron chi connectivity index (χ1n) is 6.74. The van der Waals surface area contributed by atoms with E-state index in [0.29, 0.717) is 5.39 Å². The number of carbonyl (C=O) groups excluding carboxylic acids is 1. The monoisotopic (exact) mass is 321 g/mol. The van der Waals surface area contributed by atoms with E-state index in [1.165, 1.54) is 12.1 Å². The summed E-state index contributed by atoms with van der Waals surface area (Å²) in [6, 6.07) is 6.16. The molecule has 3 aromatic rings. The van der Waals surface area contributed by atoms with E-state index in [0.717, 1.165) is 12.1 Å². The second kappa shape index (κ2) is 5.75. The highest BCUT2D eigenvalue weighted by Crippen LogP contribution is 2.31. The fourth-order valence-electron chi connectivity index (χ4n) is 2.09. The minimum Gasteiger partial charge on any atom is -0.426 e. The predicted octanol–water partition coefficient (Wildman–Crippen LogP) is 4.23. The lowest BCUT2D eigenvalue weighted by Gasteiger charge is -2.02. The van der Waals surface area contributed by atoms with Crippen molar-refractivity contribution >= 4 is 16.9 Å². The highest BCUT2D eigenvalue weighted by Gasteiger charge is 2.17. The Kier molecular flexibility index (Phi) is 3.77. The van der Waals surface area contributed by atoms with Crippen LogP contribution in [0.15, 0.2) is 34.9 Å². The molecule has 3 rings (SSSR count). The fraction of sp³-hybridized carbons (Fsp3) is 0.125. The van der Waals surface area contributed by atoms with Gasteiger partial charge < -0.3 is 9.26 Å². The Labute approximate surface area is 128 Å². The minimum absolute atomic E-state index is 0.0402. The van der Waals surface area contributed by atoms with Gasteiger partial charge in [0.05, 0.1) is 0 Å².